The van der Waals surface area contributed by atoms with Gasteiger partial charge in [-0.1, -0.05) is 6.92 Å². The summed E-state index contributed by atoms with van der Waals surface area (Å²) in [6.07, 6.45) is 3.70. The van der Waals surface area contributed by atoms with E-state index in [0.29, 0.717) is 42.3 Å². The summed E-state index contributed by atoms with van der Waals surface area (Å²) in [5.74, 6) is 0.562. The van der Waals surface area contributed by atoms with Crippen LogP contribution in [0.3, 0.4) is 0 Å². The van der Waals surface area contributed by atoms with Gasteiger partial charge in [-0.3, -0.25) is 14.9 Å². The van der Waals surface area contributed by atoms with Gasteiger partial charge in [0, 0.05) is 25.2 Å². The maximum absolute atomic E-state index is 12.9. The first-order chi connectivity index (χ1) is 15.1. The van der Waals surface area contributed by atoms with E-state index in [1.165, 1.54) is 18.3 Å². The van der Waals surface area contributed by atoms with Crippen LogP contribution < -0.4 is 10.2 Å². The van der Waals surface area contributed by atoms with Gasteiger partial charge in [0.1, 0.15) is 5.82 Å². The fraction of sp³-hybridized carbons (Fsp3) is 0.286. The Labute approximate surface area is 178 Å². The molecule has 1 N–H and O–H groups in total. The molecule has 1 aromatic carbocycles. The van der Waals surface area contributed by atoms with Gasteiger partial charge in [0.05, 0.1) is 53.2 Å². The molecule has 160 valence electrons. The second kappa shape index (κ2) is 8.92. The zero-order chi connectivity index (χ0) is 21.8. The van der Waals surface area contributed by atoms with Crippen molar-refractivity contribution in [3.8, 4) is 5.69 Å². The molecule has 10 heteroatoms. The molecule has 1 aliphatic rings. The molecule has 1 saturated heterocycles. The number of morpholine rings is 1. The van der Waals surface area contributed by atoms with Gasteiger partial charge < -0.3 is 15.0 Å². The summed E-state index contributed by atoms with van der Waals surface area (Å²) >= 11 is 0. The number of hydrogen-bond donors (Lipinski definition) is 1. The summed E-state index contributed by atoms with van der Waals surface area (Å²) in [6, 6.07) is 9.75. The number of non-ortho nitro benzene ring substituents is 1. The van der Waals surface area contributed by atoms with Gasteiger partial charge in [0.15, 0.2) is 0 Å². The van der Waals surface area contributed by atoms with Gasteiger partial charge >= 0.3 is 0 Å². The van der Waals surface area contributed by atoms with Crippen LogP contribution in [0, 0.1) is 10.1 Å². The molecule has 10 nitrogen and oxygen atoms in total. The Bertz CT molecular complexity index is 1070. The van der Waals surface area contributed by atoms with E-state index in [9.17, 15) is 14.9 Å². The number of nitrogens with zero attached hydrogens (tertiary/aromatic N) is 5. The molecule has 0 spiro atoms. The van der Waals surface area contributed by atoms with E-state index in [1.54, 1.807) is 23.0 Å². The van der Waals surface area contributed by atoms with Crippen molar-refractivity contribution in [2.75, 3.05) is 36.5 Å². The predicted molar refractivity (Wildman–Crippen MR) is 115 cm³/mol. The lowest BCUT2D eigenvalue weighted by atomic mass is 10.2. The van der Waals surface area contributed by atoms with Crippen molar-refractivity contribution in [2.24, 2.45) is 0 Å². The average molecular weight is 422 g/mol. The quantitative estimate of drug-likeness (QED) is 0.480. The Kier molecular flexibility index (Phi) is 5.89. The average Bonchev–Trinajstić information content (AvgIpc) is 3.24. The minimum Gasteiger partial charge on any atom is -0.378 e. The molecule has 2 aromatic heterocycles. The zero-order valence-electron chi connectivity index (χ0n) is 17.0. The number of ether oxygens (including phenoxy) is 1. The van der Waals surface area contributed by atoms with Crippen LogP contribution in [0.15, 0.2) is 48.8 Å². The summed E-state index contributed by atoms with van der Waals surface area (Å²) < 4.78 is 6.98. The molecule has 0 aliphatic carbocycles. The highest BCUT2D eigenvalue weighted by molar-refractivity contribution is 6.05. The third kappa shape index (κ3) is 4.38. The number of benzene rings is 1. The zero-order valence-corrected chi connectivity index (χ0v) is 17.0. The van der Waals surface area contributed by atoms with Crippen molar-refractivity contribution in [3.05, 3.63) is 70.2 Å². The fourth-order valence-corrected chi connectivity index (χ4v) is 3.48. The van der Waals surface area contributed by atoms with Gasteiger partial charge in [-0.15, -0.1) is 0 Å². The number of carbonyl (C=O) groups is 1. The lowest BCUT2D eigenvalue weighted by molar-refractivity contribution is -0.384. The first-order valence-corrected chi connectivity index (χ1v) is 9.98. The molecule has 0 saturated carbocycles. The molecule has 0 bridgehead atoms. The second-order valence-corrected chi connectivity index (χ2v) is 7.00. The van der Waals surface area contributed by atoms with Gasteiger partial charge in [-0.25, -0.2) is 9.67 Å². The number of carbonyl (C=O) groups excluding carboxylic acids is 1. The molecule has 0 atom stereocenters. The number of rotatable bonds is 6. The maximum atomic E-state index is 12.9. The summed E-state index contributed by atoms with van der Waals surface area (Å²) in [4.78, 5) is 29.9. The highest BCUT2D eigenvalue weighted by Gasteiger charge is 2.18. The van der Waals surface area contributed by atoms with Crippen LogP contribution in [0.1, 0.15) is 23.0 Å². The monoisotopic (exact) mass is 422 g/mol. The van der Waals surface area contributed by atoms with Crippen molar-refractivity contribution in [2.45, 2.75) is 13.3 Å². The van der Waals surface area contributed by atoms with Gasteiger partial charge in [0.25, 0.3) is 11.6 Å². The number of amides is 1. The third-order valence-electron chi connectivity index (χ3n) is 5.09. The molecule has 0 radical (unpaired) electrons. The Morgan fingerprint density at radius 2 is 1.90 bits per heavy atom. The number of nitro groups is 1. The van der Waals surface area contributed by atoms with Gasteiger partial charge in [-0.2, -0.15) is 5.10 Å². The maximum Gasteiger partial charge on any atom is 0.269 e. The van der Waals surface area contributed by atoms with Crippen LogP contribution in [-0.2, 0) is 11.2 Å². The fourth-order valence-electron chi connectivity index (χ4n) is 3.48. The van der Waals surface area contributed by atoms with E-state index in [4.69, 9.17) is 4.74 Å². The standard InChI is InChI=1S/C21H22N6O4/c1-2-19-18(14-23-26(19)16-4-6-17(7-5-16)27(29)30)21(28)24-15-3-8-20(22-13-15)25-9-11-31-12-10-25/h3-8,13-14H,2,9-12H2,1H3,(H,24,28). The Morgan fingerprint density at radius 1 is 1.16 bits per heavy atom. The molecule has 3 aromatic rings. The first kappa shape index (κ1) is 20.5. The number of pyridine rings is 1. The smallest absolute Gasteiger partial charge is 0.269 e. The summed E-state index contributed by atoms with van der Waals surface area (Å²) in [7, 11) is 0. The highest BCUT2D eigenvalue weighted by Crippen LogP contribution is 2.21. The van der Waals surface area contributed by atoms with Crippen LogP contribution in [0.25, 0.3) is 5.69 Å². The minimum absolute atomic E-state index is 0.0000489. The second-order valence-electron chi connectivity index (χ2n) is 7.00. The van der Waals surface area contributed by atoms with E-state index in [-0.39, 0.29) is 11.6 Å². The number of aromatic nitrogens is 3. The van der Waals surface area contributed by atoms with E-state index in [2.05, 4.69) is 20.3 Å². The minimum atomic E-state index is -0.454. The lowest BCUT2D eigenvalue weighted by Crippen LogP contribution is -2.36. The first-order valence-electron chi connectivity index (χ1n) is 9.98. The van der Waals surface area contributed by atoms with Gasteiger partial charge in [0.2, 0.25) is 0 Å². The third-order valence-corrected chi connectivity index (χ3v) is 5.09. The predicted octanol–water partition coefficient (Wildman–Crippen LogP) is 2.83. The molecule has 1 amide bonds. The number of hydrogen-bond acceptors (Lipinski definition) is 7. The molecule has 1 aliphatic heterocycles. The number of anilines is 2. The molecule has 1 fully saturated rings. The topological polar surface area (TPSA) is 115 Å². The molecule has 3 heterocycles. The molecule has 0 unspecified atom stereocenters. The van der Waals surface area contributed by atoms with Crippen molar-refractivity contribution >= 4 is 23.1 Å². The van der Waals surface area contributed by atoms with E-state index in [0.717, 1.165) is 18.9 Å². The summed E-state index contributed by atoms with van der Waals surface area (Å²) in [6.45, 7) is 4.87. The SMILES string of the molecule is CCc1c(C(=O)Nc2ccc(N3CCOCC3)nc2)cnn1-c1ccc([N+](=O)[O-])cc1. The van der Waals surface area contributed by atoms with Gasteiger partial charge in [-0.05, 0) is 30.7 Å². The largest absolute Gasteiger partial charge is 0.378 e. The normalized spacial score (nSPS) is 13.8. The van der Waals surface area contributed by atoms with Crippen LogP contribution >= 0.6 is 0 Å². The number of nitro benzene ring substituents is 1. The number of nitrogens with one attached hydrogen (secondary N) is 1. The van der Waals surface area contributed by atoms with Crippen LogP contribution in [-0.4, -0.2) is 51.9 Å². The van der Waals surface area contributed by atoms with E-state index in [1.807, 2.05) is 19.1 Å². The Hall–Kier alpha value is -3.79. The molecule has 31 heavy (non-hydrogen) atoms. The van der Waals surface area contributed by atoms with E-state index >= 15 is 0 Å². The Morgan fingerprint density at radius 3 is 2.52 bits per heavy atom. The van der Waals surface area contributed by atoms with Crippen LogP contribution in [0.4, 0.5) is 17.2 Å². The van der Waals surface area contributed by atoms with Crippen molar-refractivity contribution in [1.29, 1.82) is 0 Å². The molecule has 4 rings (SSSR count). The summed E-state index contributed by atoms with van der Waals surface area (Å²) in [5.41, 5.74) is 2.40. The molecular formula is C21H22N6O4. The lowest BCUT2D eigenvalue weighted by Gasteiger charge is -2.27. The molecular weight excluding hydrogens is 400 g/mol. The highest BCUT2D eigenvalue weighted by atomic mass is 16.6. The Balaban J connectivity index is 1.50. The van der Waals surface area contributed by atoms with Crippen molar-refractivity contribution in [3.63, 3.8) is 0 Å². The van der Waals surface area contributed by atoms with Crippen LogP contribution in [0.2, 0.25) is 0 Å². The van der Waals surface area contributed by atoms with E-state index < -0.39 is 4.92 Å². The van der Waals surface area contributed by atoms with Crippen molar-refractivity contribution < 1.29 is 14.5 Å². The summed E-state index contributed by atoms with van der Waals surface area (Å²) in [5, 5.41) is 18.1. The van der Waals surface area contributed by atoms with Crippen LogP contribution in [0.5, 0.6) is 0 Å². The van der Waals surface area contributed by atoms with Crippen molar-refractivity contribution in [1.82, 2.24) is 14.8 Å².